The minimum Gasteiger partial charge on any atom is -0.399 e. The Kier molecular flexibility index (Phi) is 4.48. The van der Waals surface area contributed by atoms with Gasteiger partial charge in [0.2, 0.25) is 0 Å². The van der Waals surface area contributed by atoms with E-state index in [1.807, 2.05) is 0 Å². The molecule has 7 nitrogen and oxygen atoms in total. The van der Waals surface area contributed by atoms with E-state index in [9.17, 15) is 23.3 Å². The van der Waals surface area contributed by atoms with Gasteiger partial charge in [0.15, 0.2) is 5.76 Å². The lowest BCUT2D eigenvalue weighted by Crippen LogP contribution is -2.23. The smallest absolute Gasteiger partial charge is 0.399 e. The Labute approximate surface area is 157 Å². The maximum Gasteiger partial charge on any atom is 0.433 e. The van der Waals surface area contributed by atoms with Gasteiger partial charge in [0.05, 0.1) is 11.6 Å². The quantitative estimate of drug-likeness (QED) is 0.481. The molecule has 0 aromatic carbocycles. The molecule has 3 aromatic heterocycles. The van der Waals surface area contributed by atoms with Gasteiger partial charge in [-0.25, -0.2) is 4.98 Å². The average Bonchev–Trinajstić information content (AvgIpc) is 3.27. The molecule has 28 heavy (non-hydrogen) atoms. The van der Waals surface area contributed by atoms with E-state index in [1.54, 1.807) is 0 Å². The number of aromatic nitrogens is 2. The molecule has 1 N–H and O–H groups in total. The minimum atomic E-state index is -4.50. The number of anilines is 1. The van der Waals surface area contributed by atoms with E-state index >= 15 is 0 Å². The molecular weight excluding hydrogens is 377 g/mol. The molecule has 10 heteroatoms. The van der Waals surface area contributed by atoms with E-state index < -0.39 is 22.5 Å². The number of hydrogen-bond acceptors (Lipinski definition) is 5. The molecular formula is C18H17F3N4O3. The van der Waals surface area contributed by atoms with Gasteiger partial charge in [-0.2, -0.15) is 13.2 Å². The maximum absolute atomic E-state index is 13.2. The highest BCUT2D eigenvalue weighted by Crippen LogP contribution is 2.36. The second-order valence-electron chi connectivity index (χ2n) is 6.83. The molecule has 1 saturated carbocycles. The van der Waals surface area contributed by atoms with Crippen LogP contribution in [0, 0.1) is 10.1 Å². The Bertz CT molecular complexity index is 1020. The lowest BCUT2D eigenvalue weighted by Gasteiger charge is -2.24. The second-order valence-corrected chi connectivity index (χ2v) is 6.83. The number of halogens is 3. The van der Waals surface area contributed by atoms with Crippen LogP contribution in [0.4, 0.5) is 24.9 Å². The second kappa shape index (κ2) is 6.84. The summed E-state index contributed by atoms with van der Waals surface area (Å²) in [4.78, 5) is 14.6. The third kappa shape index (κ3) is 3.41. The molecule has 4 rings (SSSR count). The van der Waals surface area contributed by atoms with Crippen LogP contribution in [0.3, 0.4) is 0 Å². The number of hydrogen-bond donors (Lipinski definition) is 1. The molecule has 0 spiro atoms. The fourth-order valence-corrected chi connectivity index (χ4v) is 3.52. The van der Waals surface area contributed by atoms with E-state index in [2.05, 4.69) is 10.3 Å². The Balaban J connectivity index is 1.84. The molecule has 0 unspecified atom stereocenters. The van der Waals surface area contributed by atoms with Crippen LogP contribution in [-0.4, -0.2) is 20.3 Å². The summed E-state index contributed by atoms with van der Waals surface area (Å²) in [6.07, 6.45) is 1.46. The third-order valence-corrected chi connectivity index (χ3v) is 4.90. The van der Waals surface area contributed by atoms with Gasteiger partial charge < -0.3 is 9.73 Å². The first kappa shape index (κ1) is 18.3. The van der Waals surface area contributed by atoms with Crippen LogP contribution >= 0.6 is 0 Å². The van der Waals surface area contributed by atoms with Gasteiger partial charge in [0, 0.05) is 12.2 Å². The van der Waals surface area contributed by atoms with Crippen LogP contribution in [0.25, 0.3) is 17.1 Å². The van der Waals surface area contributed by atoms with Gasteiger partial charge in [0.25, 0.3) is 0 Å². The summed E-state index contributed by atoms with van der Waals surface area (Å²) < 4.78 is 46.1. The van der Waals surface area contributed by atoms with Crippen LogP contribution in [0.15, 0.2) is 34.9 Å². The number of nitro groups is 1. The van der Waals surface area contributed by atoms with Gasteiger partial charge >= 0.3 is 12.1 Å². The molecule has 1 fully saturated rings. The molecule has 0 bridgehead atoms. The van der Waals surface area contributed by atoms with Gasteiger partial charge in [-0.05, 0) is 31.0 Å². The van der Waals surface area contributed by atoms with Crippen LogP contribution < -0.4 is 5.32 Å². The van der Waals surface area contributed by atoms with Crippen molar-refractivity contribution >= 4 is 17.3 Å². The summed E-state index contributed by atoms with van der Waals surface area (Å²) in [6, 6.07) is 4.92. The number of furan rings is 1. The molecule has 3 heterocycles. The lowest BCUT2D eigenvalue weighted by molar-refractivity contribution is -0.401. The van der Waals surface area contributed by atoms with Crippen molar-refractivity contribution in [3.63, 3.8) is 0 Å². The van der Waals surface area contributed by atoms with Crippen molar-refractivity contribution in [1.82, 2.24) is 9.38 Å². The number of fused-ring (bicyclic) bond motifs is 1. The number of pyridine rings is 1. The first-order chi connectivity index (χ1) is 13.3. The lowest BCUT2D eigenvalue weighted by atomic mass is 9.95. The Morgan fingerprint density at radius 2 is 1.93 bits per heavy atom. The van der Waals surface area contributed by atoms with E-state index in [-0.39, 0.29) is 17.5 Å². The number of nitrogens with zero attached hydrogens (tertiary/aromatic N) is 3. The minimum absolute atomic E-state index is 0.0897. The summed E-state index contributed by atoms with van der Waals surface area (Å²) in [5.41, 5.74) is -0.264. The van der Waals surface area contributed by atoms with Crippen LogP contribution in [0.2, 0.25) is 0 Å². The van der Waals surface area contributed by atoms with E-state index in [4.69, 9.17) is 4.42 Å². The molecule has 0 radical (unpaired) electrons. The highest BCUT2D eigenvalue weighted by atomic mass is 19.4. The molecule has 148 valence electrons. The largest absolute Gasteiger partial charge is 0.433 e. The van der Waals surface area contributed by atoms with E-state index in [0.717, 1.165) is 44.4 Å². The number of nitrogens with one attached hydrogen (secondary N) is 1. The Hall–Kier alpha value is -3.04. The standard InChI is InChI=1S/C18H17F3N4O3/c19-18(20,21)11-6-8-14-23-16(13-7-9-15(28-13)25(26)27)17(24(14)10-11)22-12-4-2-1-3-5-12/h6-10,12,22H,1-5H2. The number of imidazole rings is 1. The molecule has 3 aromatic rings. The molecule has 1 aliphatic carbocycles. The van der Waals surface area contributed by atoms with Gasteiger partial charge in [0.1, 0.15) is 22.1 Å². The molecule has 0 atom stereocenters. The summed E-state index contributed by atoms with van der Waals surface area (Å²) >= 11 is 0. The summed E-state index contributed by atoms with van der Waals surface area (Å²) in [6.45, 7) is 0. The summed E-state index contributed by atoms with van der Waals surface area (Å²) in [5.74, 6) is 0.0196. The first-order valence-corrected chi connectivity index (χ1v) is 8.93. The first-order valence-electron chi connectivity index (χ1n) is 8.93. The van der Waals surface area contributed by atoms with Crippen molar-refractivity contribution < 1.29 is 22.5 Å². The SMILES string of the molecule is O=[N+]([O-])c1ccc(-c2nc3ccc(C(F)(F)F)cn3c2NC2CCCCC2)o1. The zero-order valence-corrected chi connectivity index (χ0v) is 14.7. The maximum atomic E-state index is 13.2. The topological polar surface area (TPSA) is 85.6 Å². The zero-order valence-electron chi connectivity index (χ0n) is 14.7. The van der Waals surface area contributed by atoms with Crippen molar-refractivity contribution in [3.05, 3.63) is 46.1 Å². The number of rotatable bonds is 4. The van der Waals surface area contributed by atoms with Crippen LogP contribution in [0.5, 0.6) is 0 Å². The third-order valence-electron chi connectivity index (χ3n) is 4.90. The van der Waals surface area contributed by atoms with Gasteiger partial charge in [-0.1, -0.05) is 19.3 Å². The Morgan fingerprint density at radius 1 is 1.18 bits per heavy atom. The predicted molar refractivity (Wildman–Crippen MR) is 95.0 cm³/mol. The Morgan fingerprint density at radius 3 is 2.57 bits per heavy atom. The highest BCUT2D eigenvalue weighted by Gasteiger charge is 2.32. The van der Waals surface area contributed by atoms with Crippen molar-refractivity contribution in [2.45, 2.75) is 44.3 Å². The predicted octanol–water partition coefficient (Wildman–Crippen LogP) is 5.27. The van der Waals surface area contributed by atoms with Crippen molar-refractivity contribution in [2.24, 2.45) is 0 Å². The average molecular weight is 394 g/mol. The zero-order chi connectivity index (χ0) is 19.9. The molecule has 0 saturated heterocycles. The fourth-order valence-electron chi connectivity index (χ4n) is 3.52. The van der Waals surface area contributed by atoms with E-state index in [1.165, 1.54) is 22.6 Å². The van der Waals surface area contributed by atoms with Crippen molar-refractivity contribution in [1.29, 1.82) is 0 Å². The summed E-state index contributed by atoms with van der Waals surface area (Å²) in [5, 5.41) is 14.2. The monoisotopic (exact) mass is 394 g/mol. The van der Waals surface area contributed by atoms with Crippen molar-refractivity contribution in [2.75, 3.05) is 5.32 Å². The normalized spacial score (nSPS) is 15.8. The van der Waals surface area contributed by atoms with Gasteiger partial charge in [-0.3, -0.25) is 14.5 Å². The molecule has 0 aliphatic heterocycles. The van der Waals surface area contributed by atoms with Gasteiger partial charge in [-0.15, -0.1) is 0 Å². The van der Waals surface area contributed by atoms with E-state index in [0.29, 0.717) is 11.5 Å². The van der Waals surface area contributed by atoms with Crippen molar-refractivity contribution in [3.8, 4) is 11.5 Å². The fraction of sp³-hybridized carbons (Fsp3) is 0.389. The number of alkyl halides is 3. The molecule has 1 aliphatic rings. The van der Waals surface area contributed by atoms with Crippen LogP contribution in [0.1, 0.15) is 37.7 Å². The van der Waals surface area contributed by atoms with Crippen LogP contribution in [-0.2, 0) is 6.18 Å². The summed E-state index contributed by atoms with van der Waals surface area (Å²) in [7, 11) is 0. The highest BCUT2D eigenvalue weighted by molar-refractivity contribution is 5.74. The molecule has 0 amide bonds.